The monoisotopic (exact) mass is 208 g/mol. The smallest absolute Gasteiger partial charge is 0.191 e. The molecule has 1 aromatic rings. The topological polar surface area (TPSA) is 72.3 Å². The van der Waals surface area contributed by atoms with Crippen LogP contribution in [0.3, 0.4) is 0 Å². The minimum absolute atomic E-state index is 0.497. The number of rotatable bonds is 3. The number of nitrogens with zero attached hydrogens (tertiary/aromatic N) is 5. The molecule has 0 atom stereocenters. The van der Waals surface area contributed by atoms with Crippen molar-refractivity contribution in [3.05, 3.63) is 11.9 Å². The summed E-state index contributed by atoms with van der Waals surface area (Å²) in [5, 5.41) is 8.10. The third-order valence-electron chi connectivity index (χ3n) is 2.51. The van der Waals surface area contributed by atoms with Crippen LogP contribution in [0.15, 0.2) is 11.2 Å². The Bertz CT molecular complexity index is 364. The molecule has 0 bridgehead atoms. The number of hydrogen-bond acceptors (Lipinski definition) is 3. The lowest BCUT2D eigenvalue weighted by atomic mass is 10.5. The van der Waals surface area contributed by atoms with Crippen LogP contribution in [-0.2, 0) is 13.6 Å². The van der Waals surface area contributed by atoms with Crippen LogP contribution in [0.2, 0.25) is 0 Å². The average molecular weight is 208 g/mol. The van der Waals surface area contributed by atoms with Gasteiger partial charge in [0, 0.05) is 20.1 Å². The molecule has 6 heteroatoms. The zero-order valence-electron chi connectivity index (χ0n) is 9.09. The average Bonchev–Trinajstić information content (AvgIpc) is 2.98. The van der Waals surface area contributed by atoms with E-state index in [2.05, 4.69) is 15.2 Å². The summed E-state index contributed by atoms with van der Waals surface area (Å²) in [5.41, 5.74) is 6.67. The number of aromatic nitrogens is 3. The van der Waals surface area contributed by atoms with E-state index in [0.29, 0.717) is 18.5 Å². The number of aliphatic imine (C=N–C) groups is 1. The molecule has 2 rings (SSSR count). The first kappa shape index (κ1) is 9.95. The normalized spacial score (nSPS) is 16.8. The van der Waals surface area contributed by atoms with Crippen LogP contribution in [0.25, 0.3) is 0 Å². The molecule has 0 spiro atoms. The van der Waals surface area contributed by atoms with Gasteiger partial charge in [-0.3, -0.25) is 0 Å². The summed E-state index contributed by atoms with van der Waals surface area (Å²) in [6, 6.07) is 0.593. The number of aryl methyl sites for hydroxylation is 1. The molecule has 1 saturated carbocycles. The van der Waals surface area contributed by atoms with Gasteiger partial charge in [0.15, 0.2) is 5.96 Å². The highest BCUT2D eigenvalue weighted by atomic mass is 15.4. The zero-order chi connectivity index (χ0) is 10.8. The van der Waals surface area contributed by atoms with Crippen LogP contribution < -0.4 is 5.73 Å². The van der Waals surface area contributed by atoms with Crippen molar-refractivity contribution in [3.63, 3.8) is 0 Å². The molecule has 0 amide bonds. The van der Waals surface area contributed by atoms with Crippen molar-refractivity contribution in [2.75, 3.05) is 7.05 Å². The summed E-state index contributed by atoms with van der Waals surface area (Å²) in [6.45, 7) is 0.497. The predicted molar refractivity (Wildman–Crippen MR) is 57.1 cm³/mol. The van der Waals surface area contributed by atoms with Crippen LogP contribution in [0.5, 0.6) is 0 Å². The molecule has 1 aromatic heterocycles. The van der Waals surface area contributed by atoms with Crippen LogP contribution in [0, 0.1) is 0 Å². The number of hydrogen-bond donors (Lipinski definition) is 1. The van der Waals surface area contributed by atoms with Crippen LogP contribution in [0.1, 0.15) is 18.5 Å². The SMILES string of the molecule is CN(C(N)=NCc1cnn(C)n1)C1CC1. The first-order chi connectivity index (χ1) is 7.16. The first-order valence-corrected chi connectivity index (χ1v) is 5.05. The highest BCUT2D eigenvalue weighted by Gasteiger charge is 2.27. The Morgan fingerprint density at radius 2 is 2.47 bits per heavy atom. The molecule has 0 unspecified atom stereocenters. The lowest BCUT2D eigenvalue weighted by molar-refractivity contribution is 0.487. The fraction of sp³-hybridized carbons (Fsp3) is 0.667. The van der Waals surface area contributed by atoms with E-state index >= 15 is 0 Å². The van der Waals surface area contributed by atoms with Gasteiger partial charge in [0.05, 0.1) is 12.7 Å². The van der Waals surface area contributed by atoms with Crippen molar-refractivity contribution in [1.29, 1.82) is 0 Å². The molecule has 0 aliphatic heterocycles. The van der Waals surface area contributed by atoms with Crippen LogP contribution in [-0.4, -0.2) is 38.9 Å². The highest BCUT2D eigenvalue weighted by molar-refractivity contribution is 5.78. The molecule has 2 N–H and O–H groups in total. The minimum Gasteiger partial charge on any atom is -0.370 e. The molecule has 1 aliphatic rings. The van der Waals surface area contributed by atoms with Crippen molar-refractivity contribution in [2.45, 2.75) is 25.4 Å². The Morgan fingerprint density at radius 1 is 1.73 bits per heavy atom. The molecule has 15 heavy (non-hydrogen) atoms. The second-order valence-corrected chi connectivity index (χ2v) is 3.84. The molecule has 1 aliphatic carbocycles. The van der Waals surface area contributed by atoms with E-state index in [0.717, 1.165) is 5.69 Å². The summed E-state index contributed by atoms with van der Waals surface area (Å²) in [4.78, 5) is 7.82. The molecule has 1 heterocycles. The lowest BCUT2D eigenvalue weighted by Crippen LogP contribution is -2.35. The van der Waals surface area contributed by atoms with E-state index in [9.17, 15) is 0 Å². The molecular weight excluding hydrogens is 192 g/mol. The van der Waals surface area contributed by atoms with Crippen molar-refractivity contribution >= 4 is 5.96 Å². The second-order valence-electron chi connectivity index (χ2n) is 3.84. The van der Waals surface area contributed by atoms with Gasteiger partial charge in [0.1, 0.15) is 5.69 Å². The summed E-state index contributed by atoms with van der Waals surface area (Å²) < 4.78 is 0. The van der Waals surface area contributed by atoms with Crippen LogP contribution in [0.4, 0.5) is 0 Å². The Labute approximate surface area is 88.8 Å². The summed E-state index contributed by atoms with van der Waals surface area (Å²) in [7, 11) is 3.76. The van der Waals surface area contributed by atoms with Gasteiger partial charge in [-0.25, -0.2) is 4.99 Å². The summed E-state index contributed by atoms with van der Waals surface area (Å²) in [6.07, 6.45) is 4.14. The molecule has 6 nitrogen and oxygen atoms in total. The molecule has 0 radical (unpaired) electrons. The molecular formula is C9H16N6. The first-order valence-electron chi connectivity index (χ1n) is 5.05. The third kappa shape index (κ3) is 2.45. The largest absolute Gasteiger partial charge is 0.370 e. The Balaban J connectivity index is 1.92. The van der Waals surface area contributed by atoms with Gasteiger partial charge in [-0.2, -0.15) is 15.0 Å². The minimum atomic E-state index is 0.497. The van der Waals surface area contributed by atoms with Crippen molar-refractivity contribution in [1.82, 2.24) is 19.9 Å². The quantitative estimate of drug-likeness (QED) is 0.548. The van der Waals surface area contributed by atoms with Gasteiger partial charge in [0.2, 0.25) is 0 Å². The lowest BCUT2D eigenvalue weighted by Gasteiger charge is -2.16. The highest BCUT2D eigenvalue weighted by Crippen LogP contribution is 2.24. The van der Waals surface area contributed by atoms with Crippen molar-refractivity contribution < 1.29 is 0 Å². The van der Waals surface area contributed by atoms with Gasteiger partial charge < -0.3 is 10.6 Å². The molecule has 1 fully saturated rings. The maximum atomic E-state index is 5.83. The summed E-state index contributed by atoms with van der Waals surface area (Å²) in [5.74, 6) is 0.586. The van der Waals surface area contributed by atoms with E-state index < -0.39 is 0 Å². The fourth-order valence-electron chi connectivity index (χ4n) is 1.38. The predicted octanol–water partition coefficient (Wildman–Crippen LogP) is -0.276. The second kappa shape index (κ2) is 3.88. The number of guanidine groups is 1. The molecule has 82 valence electrons. The number of nitrogens with two attached hydrogens (primary N) is 1. The van der Waals surface area contributed by atoms with E-state index in [4.69, 9.17) is 5.73 Å². The fourth-order valence-corrected chi connectivity index (χ4v) is 1.38. The van der Waals surface area contributed by atoms with E-state index in [1.54, 1.807) is 13.2 Å². The van der Waals surface area contributed by atoms with Gasteiger partial charge in [-0.1, -0.05) is 0 Å². The zero-order valence-corrected chi connectivity index (χ0v) is 9.09. The third-order valence-corrected chi connectivity index (χ3v) is 2.51. The van der Waals surface area contributed by atoms with Gasteiger partial charge >= 0.3 is 0 Å². The molecule has 0 aromatic carbocycles. The Morgan fingerprint density at radius 3 is 3.00 bits per heavy atom. The van der Waals surface area contributed by atoms with E-state index in [1.165, 1.54) is 17.6 Å². The molecule has 0 saturated heterocycles. The van der Waals surface area contributed by atoms with Crippen molar-refractivity contribution in [3.8, 4) is 0 Å². The Kier molecular flexibility index (Phi) is 2.57. The maximum Gasteiger partial charge on any atom is 0.191 e. The maximum absolute atomic E-state index is 5.83. The summed E-state index contributed by atoms with van der Waals surface area (Å²) >= 11 is 0. The van der Waals surface area contributed by atoms with Crippen molar-refractivity contribution in [2.24, 2.45) is 17.8 Å². The van der Waals surface area contributed by atoms with Gasteiger partial charge in [0.25, 0.3) is 0 Å². The van der Waals surface area contributed by atoms with Crippen LogP contribution >= 0.6 is 0 Å². The van der Waals surface area contributed by atoms with E-state index in [-0.39, 0.29) is 0 Å². The Hall–Kier alpha value is -1.59. The van der Waals surface area contributed by atoms with E-state index in [1.807, 2.05) is 11.9 Å². The van der Waals surface area contributed by atoms with Gasteiger partial charge in [-0.15, -0.1) is 0 Å². The van der Waals surface area contributed by atoms with Gasteiger partial charge in [-0.05, 0) is 12.8 Å². The standard InChI is InChI=1S/C9H16N6/c1-14(8-3-4-8)9(10)11-5-7-6-12-15(2)13-7/h6,8H,3-5H2,1-2H3,(H2,10,11).